The van der Waals surface area contributed by atoms with Crippen molar-refractivity contribution in [1.29, 1.82) is 0 Å². The van der Waals surface area contributed by atoms with Gasteiger partial charge in [-0.2, -0.15) is 0 Å². The van der Waals surface area contributed by atoms with Crippen LogP contribution in [0.2, 0.25) is 0 Å². The lowest BCUT2D eigenvalue weighted by Gasteiger charge is -2.32. The Kier molecular flexibility index (Phi) is 5.52. The molecule has 2 fully saturated rings. The smallest absolute Gasteiger partial charge is 0.290 e. The fraction of sp³-hybridized carbons (Fsp3) is 0.316. The number of piperidine rings is 1. The Morgan fingerprint density at radius 1 is 1.18 bits per heavy atom. The van der Waals surface area contributed by atoms with Crippen LogP contribution in [0, 0.1) is 5.92 Å². The van der Waals surface area contributed by atoms with Gasteiger partial charge in [-0.3, -0.25) is 14.9 Å². The second kappa shape index (κ2) is 8.39. The fourth-order valence-corrected chi connectivity index (χ4v) is 3.87. The summed E-state index contributed by atoms with van der Waals surface area (Å²) in [5.41, 5.74) is 0.622. The molecular formula is C19H20N6O2S. The number of carbonyl (C=O) groups excluding carboxylic acids is 2. The van der Waals surface area contributed by atoms with Crippen LogP contribution in [0.15, 0.2) is 41.6 Å². The number of pyridine rings is 1. The number of hydrogen-bond donors (Lipinski definition) is 2. The Hall–Kier alpha value is -2.94. The minimum absolute atomic E-state index is 0.355. The lowest BCUT2D eigenvalue weighted by Crippen LogP contribution is -2.37. The number of carbonyl (C=O) groups is 2. The number of imide groups is 1. The normalized spacial score (nSPS) is 19.1. The van der Waals surface area contributed by atoms with Gasteiger partial charge in [0.25, 0.3) is 11.1 Å². The lowest BCUT2D eigenvalue weighted by molar-refractivity contribution is -0.115. The first-order chi connectivity index (χ1) is 13.7. The summed E-state index contributed by atoms with van der Waals surface area (Å²) in [6.45, 7) is 2.66. The van der Waals surface area contributed by atoms with Crippen LogP contribution in [-0.2, 0) is 4.79 Å². The van der Waals surface area contributed by atoms with Crippen molar-refractivity contribution in [3.8, 4) is 0 Å². The number of rotatable bonds is 5. The van der Waals surface area contributed by atoms with Crippen molar-refractivity contribution < 1.29 is 9.59 Å². The Morgan fingerprint density at radius 3 is 2.75 bits per heavy atom. The highest BCUT2D eigenvalue weighted by atomic mass is 32.2. The topological polar surface area (TPSA) is 100 Å². The van der Waals surface area contributed by atoms with E-state index in [1.807, 2.05) is 18.2 Å². The fourth-order valence-electron chi connectivity index (χ4n) is 3.20. The molecule has 0 saturated carbocycles. The summed E-state index contributed by atoms with van der Waals surface area (Å²) < 4.78 is 0. The molecule has 0 bridgehead atoms. The molecule has 4 heterocycles. The Bertz CT molecular complexity index is 896. The maximum atomic E-state index is 11.7. The van der Waals surface area contributed by atoms with E-state index in [0.717, 1.165) is 50.1 Å². The molecule has 2 aliphatic heterocycles. The van der Waals surface area contributed by atoms with Gasteiger partial charge in [0.1, 0.15) is 5.82 Å². The van der Waals surface area contributed by atoms with Crippen molar-refractivity contribution >= 4 is 40.8 Å². The van der Waals surface area contributed by atoms with E-state index in [-0.39, 0.29) is 11.1 Å². The van der Waals surface area contributed by atoms with Crippen LogP contribution in [0.5, 0.6) is 0 Å². The molecule has 0 spiro atoms. The molecule has 2 aromatic rings. The zero-order valence-corrected chi connectivity index (χ0v) is 16.0. The largest absolute Gasteiger partial charge is 0.370 e. The van der Waals surface area contributed by atoms with Crippen molar-refractivity contribution in [2.24, 2.45) is 5.92 Å². The van der Waals surface area contributed by atoms with Gasteiger partial charge in [0.05, 0.1) is 10.6 Å². The van der Waals surface area contributed by atoms with Crippen LogP contribution in [-0.4, -0.2) is 45.7 Å². The SMILES string of the molecule is O=C1NC(=O)/C(=C/c2ccnc(N3CCC(CNc4ccccn4)CC3)n2)S1. The van der Waals surface area contributed by atoms with Gasteiger partial charge in [0.2, 0.25) is 5.95 Å². The van der Waals surface area contributed by atoms with Gasteiger partial charge < -0.3 is 10.2 Å². The van der Waals surface area contributed by atoms with Crippen LogP contribution < -0.4 is 15.5 Å². The van der Waals surface area contributed by atoms with Gasteiger partial charge in [-0.05, 0) is 54.8 Å². The average molecular weight is 396 g/mol. The predicted molar refractivity (Wildman–Crippen MR) is 109 cm³/mol. The summed E-state index contributed by atoms with van der Waals surface area (Å²) in [5.74, 6) is 1.76. The Labute approximate surface area is 166 Å². The quantitative estimate of drug-likeness (QED) is 0.744. The van der Waals surface area contributed by atoms with Gasteiger partial charge in [-0.1, -0.05) is 6.07 Å². The highest BCUT2D eigenvalue weighted by molar-refractivity contribution is 8.18. The van der Waals surface area contributed by atoms with Crippen molar-refractivity contribution in [3.05, 3.63) is 47.3 Å². The zero-order valence-electron chi connectivity index (χ0n) is 15.2. The molecule has 2 N–H and O–H groups in total. The number of amides is 2. The Morgan fingerprint density at radius 2 is 2.04 bits per heavy atom. The van der Waals surface area contributed by atoms with Crippen LogP contribution in [0.1, 0.15) is 18.5 Å². The van der Waals surface area contributed by atoms with E-state index in [0.29, 0.717) is 22.5 Å². The van der Waals surface area contributed by atoms with E-state index >= 15 is 0 Å². The summed E-state index contributed by atoms with van der Waals surface area (Å²) in [6.07, 6.45) is 7.18. The predicted octanol–water partition coefficient (Wildman–Crippen LogP) is 2.52. The summed E-state index contributed by atoms with van der Waals surface area (Å²) in [5, 5.41) is 5.28. The van der Waals surface area contributed by atoms with Gasteiger partial charge in [0, 0.05) is 32.0 Å². The molecule has 9 heteroatoms. The maximum absolute atomic E-state index is 11.7. The molecule has 8 nitrogen and oxygen atoms in total. The molecule has 2 saturated heterocycles. The van der Waals surface area contributed by atoms with E-state index in [2.05, 4.69) is 30.5 Å². The lowest BCUT2D eigenvalue weighted by atomic mass is 9.97. The number of nitrogens with one attached hydrogen (secondary N) is 2. The number of hydrogen-bond acceptors (Lipinski definition) is 8. The number of aromatic nitrogens is 3. The van der Waals surface area contributed by atoms with E-state index < -0.39 is 0 Å². The minimum Gasteiger partial charge on any atom is -0.370 e. The van der Waals surface area contributed by atoms with Crippen molar-refractivity contribution in [1.82, 2.24) is 20.3 Å². The molecule has 0 aromatic carbocycles. The first-order valence-electron chi connectivity index (χ1n) is 9.15. The second-order valence-electron chi connectivity index (χ2n) is 6.66. The molecule has 0 radical (unpaired) electrons. The van der Waals surface area contributed by atoms with Crippen LogP contribution in [0.25, 0.3) is 6.08 Å². The Balaban J connectivity index is 1.34. The minimum atomic E-state index is -0.378. The molecule has 28 heavy (non-hydrogen) atoms. The third-order valence-electron chi connectivity index (χ3n) is 4.72. The standard InChI is InChI=1S/C19H20N6O2S/c26-17-15(28-19(27)24-17)11-14-4-8-21-18(23-14)25-9-5-13(6-10-25)12-22-16-3-1-2-7-20-16/h1-4,7-8,11,13H,5-6,9-10,12H2,(H,20,22)(H,24,26,27)/b15-11-. The number of nitrogens with zero attached hydrogens (tertiary/aromatic N) is 4. The average Bonchev–Trinajstić information content (AvgIpc) is 3.04. The van der Waals surface area contributed by atoms with Crippen molar-refractivity contribution in [2.45, 2.75) is 12.8 Å². The van der Waals surface area contributed by atoms with E-state index in [1.165, 1.54) is 0 Å². The first kappa shape index (κ1) is 18.4. The maximum Gasteiger partial charge on any atom is 0.290 e. The molecule has 4 rings (SSSR count). The summed E-state index contributed by atoms with van der Waals surface area (Å²) in [6, 6.07) is 7.58. The molecule has 2 aliphatic rings. The summed E-state index contributed by atoms with van der Waals surface area (Å²) in [4.78, 5) is 38.7. The molecule has 2 aromatic heterocycles. The molecule has 0 atom stereocenters. The van der Waals surface area contributed by atoms with E-state index in [4.69, 9.17) is 0 Å². The van der Waals surface area contributed by atoms with Gasteiger partial charge in [0.15, 0.2) is 0 Å². The van der Waals surface area contributed by atoms with Gasteiger partial charge in [-0.25, -0.2) is 15.0 Å². The van der Waals surface area contributed by atoms with Crippen LogP contribution in [0.3, 0.4) is 0 Å². The zero-order chi connectivity index (χ0) is 19.3. The second-order valence-corrected chi connectivity index (χ2v) is 7.67. The number of thioether (sulfide) groups is 1. The third kappa shape index (κ3) is 4.48. The monoisotopic (exact) mass is 396 g/mol. The highest BCUT2D eigenvalue weighted by Crippen LogP contribution is 2.26. The molecule has 0 aliphatic carbocycles. The summed E-state index contributed by atoms with van der Waals surface area (Å²) >= 11 is 0.889. The van der Waals surface area contributed by atoms with Gasteiger partial charge >= 0.3 is 0 Å². The van der Waals surface area contributed by atoms with Crippen molar-refractivity contribution in [2.75, 3.05) is 29.9 Å². The van der Waals surface area contributed by atoms with E-state index in [9.17, 15) is 9.59 Å². The van der Waals surface area contributed by atoms with Crippen LogP contribution in [0.4, 0.5) is 16.6 Å². The molecule has 144 valence electrons. The van der Waals surface area contributed by atoms with Gasteiger partial charge in [-0.15, -0.1) is 0 Å². The van der Waals surface area contributed by atoms with Crippen LogP contribution >= 0.6 is 11.8 Å². The van der Waals surface area contributed by atoms with E-state index in [1.54, 1.807) is 24.5 Å². The first-order valence-corrected chi connectivity index (χ1v) is 9.97. The van der Waals surface area contributed by atoms with Crippen molar-refractivity contribution in [3.63, 3.8) is 0 Å². The third-order valence-corrected chi connectivity index (χ3v) is 5.53. The number of anilines is 2. The molecule has 2 amide bonds. The molecule has 0 unspecified atom stereocenters. The summed E-state index contributed by atoms with van der Waals surface area (Å²) in [7, 11) is 0. The molecular weight excluding hydrogens is 376 g/mol. The highest BCUT2D eigenvalue weighted by Gasteiger charge is 2.25.